The first kappa shape index (κ1) is 15.0. The van der Waals surface area contributed by atoms with Gasteiger partial charge in [0.15, 0.2) is 5.54 Å². The third-order valence-electron chi connectivity index (χ3n) is 3.48. The summed E-state index contributed by atoms with van der Waals surface area (Å²) in [7, 11) is 1.71. The lowest BCUT2D eigenvalue weighted by Crippen LogP contribution is -2.44. The van der Waals surface area contributed by atoms with Crippen LogP contribution < -0.4 is 10.1 Å². The Balaban J connectivity index is 2.26. The maximum absolute atomic E-state index is 13.3. The molecule has 1 N–H and O–H groups in total. The predicted molar refractivity (Wildman–Crippen MR) is 79.4 cm³/mol. The highest BCUT2D eigenvalue weighted by Gasteiger charge is 2.31. The van der Waals surface area contributed by atoms with Crippen LogP contribution in [0, 0.1) is 24.1 Å². The van der Waals surface area contributed by atoms with Gasteiger partial charge in [-0.25, -0.2) is 4.39 Å². The van der Waals surface area contributed by atoms with Crippen LogP contribution in [0.25, 0.3) is 0 Å². The molecule has 0 amide bonds. The van der Waals surface area contributed by atoms with Gasteiger partial charge in [0.05, 0.1) is 6.07 Å². The fourth-order valence-electron chi connectivity index (χ4n) is 2.09. The summed E-state index contributed by atoms with van der Waals surface area (Å²) in [6, 6.07) is 16.0. The number of benzene rings is 2. The Bertz CT molecular complexity index is 652. The molecule has 1 unspecified atom stereocenters. The molecule has 0 radical (unpaired) electrons. The molecule has 0 spiro atoms. The first-order valence-electron chi connectivity index (χ1n) is 6.66. The highest BCUT2D eigenvalue weighted by Crippen LogP contribution is 2.24. The van der Waals surface area contributed by atoms with Gasteiger partial charge in [-0.2, -0.15) is 5.26 Å². The van der Waals surface area contributed by atoms with E-state index in [4.69, 9.17) is 4.74 Å². The highest BCUT2D eigenvalue weighted by atomic mass is 19.1. The summed E-state index contributed by atoms with van der Waals surface area (Å²) in [5, 5.41) is 12.6. The van der Waals surface area contributed by atoms with E-state index in [1.54, 1.807) is 13.1 Å². The number of hydrogen-bond acceptors (Lipinski definition) is 3. The summed E-state index contributed by atoms with van der Waals surface area (Å²) in [5.41, 5.74) is 0.663. The largest absolute Gasteiger partial charge is 0.490 e. The van der Waals surface area contributed by atoms with Gasteiger partial charge in [-0.15, -0.1) is 0 Å². The van der Waals surface area contributed by atoms with E-state index in [1.165, 1.54) is 12.1 Å². The Morgan fingerprint density at radius 2 is 1.95 bits per heavy atom. The highest BCUT2D eigenvalue weighted by molar-refractivity contribution is 5.35. The summed E-state index contributed by atoms with van der Waals surface area (Å²) in [5.74, 6) is 0.0862. The maximum Gasteiger partial charge on any atom is 0.166 e. The van der Waals surface area contributed by atoms with Gasteiger partial charge in [0.2, 0.25) is 0 Å². The zero-order valence-corrected chi connectivity index (χ0v) is 12.1. The van der Waals surface area contributed by atoms with Crippen molar-refractivity contribution in [1.29, 1.82) is 5.26 Å². The van der Waals surface area contributed by atoms with Crippen LogP contribution >= 0.6 is 0 Å². The molecule has 0 saturated carbocycles. The summed E-state index contributed by atoms with van der Waals surface area (Å²) in [6.45, 7) is 1.93. The standard InChI is InChI=1S/C17H17FN2O/c1-13-8-9-15(18)10-16(13)21-12-17(11-19,20-2)14-6-4-3-5-7-14/h3-10,20H,12H2,1-2H3. The lowest BCUT2D eigenvalue weighted by Gasteiger charge is -2.27. The molecule has 0 fully saturated rings. The number of nitrogens with zero attached hydrogens (tertiary/aromatic N) is 1. The minimum atomic E-state index is -0.972. The molecule has 21 heavy (non-hydrogen) atoms. The summed E-state index contributed by atoms with van der Waals surface area (Å²) < 4.78 is 19.0. The molecule has 108 valence electrons. The minimum Gasteiger partial charge on any atom is -0.490 e. The van der Waals surface area contributed by atoms with E-state index >= 15 is 0 Å². The predicted octanol–water partition coefficient (Wildman–Crippen LogP) is 3.15. The molecule has 2 aromatic rings. The topological polar surface area (TPSA) is 45.0 Å². The molecule has 0 aliphatic rings. The zero-order valence-electron chi connectivity index (χ0n) is 12.1. The number of likely N-dealkylation sites (N-methyl/N-ethyl adjacent to an activating group) is 1. The fraction of sp³-hybridized carbons (Fsp3) is 0.235. The normalized spacial score (nSPS) is 13.2. The molecule has 3 nitrogen and oxygen atoms in total. The van der Waals surface area contributed by atoms with Gasteiger partial charge in [0, 0.05) is 6.07 Å². The third-order valence-corrected chi connectivity index (χ3v) is 3.48. The van der Waals surface area contributed by atoms with Crippen molar-refractivity contribution in [3.63, 3.8) is 0 Å². The number of aryl methyl sites for hydroxylation is 1. The Morgan fingerprint density at radius 3 is 2.57 bits per heavy atom. The summed E-state index contributed by atoms with van der Waals surface area (Å²) >= 11 is 0. The zero-order chi connectivity index (χ0) is 15.3. The average Bonchev–Trinajstić information content (AvgIpc) is 2.53. The van der Waals surface area contributed by atoms with Crippen LogP contribution in [0.3, 0.4) is 0 Å². The van der Waals surface area contributed by atoms with Crippen molar-refractivity contribution in [2.45, 2.75) is 12.5 Å². The van der Waals surface area contributed by atoms with Gasteiger partial charge in [0.25, 0.3) is 0 Å². The molecular formula is C17H17FN2O. The Labute approximate surface area is 124 Å². The van der Waals surface area contributed by atoms with Crippen LogP contribution in [0.1, 0.15) is 11.1 Å². The van der Waals surface area contributed by atoms with Crippen molar-refractivity contribution in [1.82, 2.24) is 5.32 Å². The van der Waals surface area contributed by atoms with Crippen LogP contribution in [0.5, 0.6) is 5.75 Å². The van der Waals surface area contributed by atoms with Gasteiger partial charge in [-0.3, -0.25) is 5.32 Å². The van der Waals surface area contributed by atoms with Crippen molar-refractivity contribution in [2.24, 2.45) is 0 Å². The van der Waals surface area contributed by atoms with Crippen molar-refractivity contribution in [3.8, 4) is 11.8 Å². The van der Waals surface area contributed by atoms with Crippen molar-refractivity contribution in [3.05, 3.63) is 65.5 Å². The van der Waals surface area contributed by atoms with Crippen molar-refractivity contribution >= 4 is 0 Å². The molecular weight excluding hydrogens is 267 g/mol. The van der Waals surface area contributed by atoms with Gasteiger partial charge in [-0.05, 0) is 31.2 Å². The van der Waals surface area contributed by atoms with Crippen LogP contribution in [0.2, 0.25) is 0 Å². The van der Waals surface area contributed by atoms with Gasteiger partial charge < -0.3 is 4.74 Å². The SMILES string of the molecule is CNC(C#N)(COc1cc(F)ccc1C)c1ccccc1. The van der Waals surface area contributed by atoms with E-state index in [0.717, 1.165) is 11.1 Å². The second kappa shape index (κ2) is 6.38. The first-order chi connectivity index (χ1) is 10.1. The number of nitrogens with one attached hydrogen (secondary N) is 1. The van der Waals surface area contributed by atoms with Gasteiger partial charge in [0.1, 0.15) is 18.2 Å². The van der Waals surface area contributed by atoms with Gasteiger partial charge >= 0.3 is 0 Å². The lowest BCUT2D eigenvalue weighted by atomic mass is 9.92. The van der Waals surface area contributed by atoms with Crippen LogP contribution in [-0.2, 0) is 5.54 Å². The Morgan fingerprint density at radius 1 is 1.24 bits per heavy atom. The minimum absolute atomic E-state index is 0.0916. The molecule has 4 heteroatoms. The molecule has 0 saturated heterocycles. The van der Waals surface area contributed by atoms with E-state index in [2.05, 4.69) is 11.4 Å². The second-order valence-corrected chi connectivity index (χ2v) is 4.83. The van der Waals surface area contributed by atoms with E-state index < -0.39 is 5.54 Å². The maximum atomic E-state index is 13.3. The lowest BCUT2D eigenvalue weighted by molar-refractivity contribution is 0.229. The number of nitriles is 1. The Kier molecular flexibility index (Phi) is 4.56. The summed E-state index contributed by atoms with van der Waals surface area (Å²) in [6.07, 6.45) is 0. The molecule has 0 heterocycles. The molecule has 1 atom stereocenters. The fourth-order valence-corrected chi connectivity index (χ4v) is 2.09. The van der Waals surface area contributed by atoms with E-state index in [-0.39, 0.29) is 12.4 Å². The molecule has 0 aromatic heterocycles. The molecule has 0 bridgehead atoms. The van der Waals surface area contributed by atoms with E-state index in [1.807, 2.05) is 37.3 Å². The van der Waals surface area contributed by atoms with E-state index in [9.17, 15) is 9.65 Å². The quantitative estimate of drug-likeness (QED) is 0.917. The first-order valence-corrected chi connectivity index (χ1v) is 6.66. The number of rotatable bonds is 5. The molecule has 0 aliphatic carbocycles. The number of hydrogen-bond donors (Lipinski definition) is 1. The average molecular weight is 284 g/mol. The number of halogens is 1. The smallest absolute Gasteiger partial charge is 0.166 e. The van der Waals surface area contributed by atoms with Crippen molar-refractivity contribution in [2.75, 3.05) is 13.7 Å². The molecule has 2 aromatic carbocycles. The van der Waals surface area contributed by atoms with Gasteiger partial charge in [-0.1, -0.05) is 36.4 Å². The second-order valence-electron chi connectivity index (χ2n) is 4.83. The number of ether oxygens (including phenoxy) is 1. The summed E-state index contributed by atoms with van der Waals surface area (Å²) in [4.78, 5) is 0. The van der Waals surface area contributed by atoms with Crippen molar-refractivity contribution < 1.29 is 9.13 Å². The monoisotopic (exact) mass is 284 g/mol. The molecule has 0 aliphatic heterocycles. The van der Waals surface area contributed by atoms with Crippen LogP contribution in [0.15, 0.2) is 48.5 Å². The van der Waals surface area contributed by atoms with Crippen LogP contribution in [-0.4, -0.2) is 13.7 Å². The third kappa shape index (κ3) is 3.21. The Hall–Kier alpha value is -2.38. The van der Waals surface area contributed by atoms with Crippen LogP contribution in [0.4, 0.5) is 4.39 Å². The molecule has 2 rings (SSSR count). The van der Waals surface area contributed by atoms with E-state index in [0.29, 0.717) is 5.75 Å².